The first-order valence-corrected chi connectivity index (χ1v) is 3.81. The number of aromatic amines is 1. The van der Waals surface area contributed by atoms with Gasteiger partial charge in [-0.1, -0.05) is 12.1 Å². The normalized spacial score (nSPS) is 10.2. The maximum absolute atomic E-state index is 13.1. The molecular formula is C9H6FN3. The summed E-state index contributed by atoms with van der Waals surface area (Å²) in [5.41, 5.74) is 0.963. The van der Waals surface area contributed by atoms with Crippen LogP contribution in [0.1, 0.15) is 5.69 Å². The molecule has 0 aliphatic heterocycles. The van der Waals surface area contributed by atoms with Gasteiger partial charge in [-0.05, 0) is 6.07 Å². The molecule has 0 saturated heterocycles. The van der Waals surface area contributed by atoms with Crippen LogP contribution in [0.15, 0.2) is 18.2 Å². The van der Waals surface area contributed by atoms with Crippen LogP contribution in [-0.4, -0.2) is 10.2 Å². The van der Waals surface area contributed by atoms with Gasteiger partial charge in [0.05, 0.1) is 18.2 Å². The summed E-state index contributed by atoms with van der Waals surface area (Å²) in [4.78, 5) is 0. The van der Waals surface area contributed by atoms with Gasteiger partial charge in [0.1, 0.15) is 5.52 Å². The molecule has 0 aliphatic carbocycles. The molecule has 0 radical (unpaired) electrons. The largest absolute Gasteiger partial charge is 0.280 e. The molecule has 0 atom stereocenters. The number of rotatable bonds is 1. The molecule has 0 bridgehead atoms. The SMILES string of the molecule is N#CCc1[nH]nc2c(F)cccc12. The van der Waals surface area contributed by atoms with E-state index in [1.165, 1.54) is 6.07 Å². The molecule has 1 aromatic heterocycles. The highest BCUT2D eigenvalue weighted by Gasteiger charge is 2.07. The second-order valence-corrected chi connectivity index (χ2v) is 2.67. The van der Waals surface area contributed by atoms with Crippen LogP contribution in [0.25, 0.3) is 10.9 Å². The lowest BCUT2D eigenvalue weighted by atomic mass is 10.2. The van der Waals surface area contributed by atoms with Crippen LogP contribution >= 0.6 is 0 Å². The summed E-state index contributed by atoms with van der Waals surface area (Å²) >= 11 is 0. The first-order chi connectivity index (χ1) is 6.33. The van der Waals surface area contributed by atoms with Crippen LogP contribution in [0.4, 0.5) is 4.39 Å². The van der Waals surface area contributed by atoms with Gasteiger partial charge in [-0.25, -0.2) is 4.39 Å². The number of hydrogen-bond acceptors (Lipinski definition) is 2. The second kappa shape index (κ2) is 2.87. The monoisotopic (exact) mass is 175 g/mol. The third-order valence-electron chi connectivity index (χ3n) is 1.87. The van der Waals surface area contributed by atoms with E-state index in [4.69, 9.17) is 5.26 Å². The van der Waals surface area contributed by atoms with Crippen molar-refractivity contribution in [2.24, 2.45) is 0 Å². The van der Waals surface area contributed by atoms with Crippen LogP contribution in [0.3, 0.4) is 0 Å². The Balaban J connectivity index is 2.70. The highest BCUT2D eigenvalue weighted by atomic mass is 19.1. The van der Waals surface area contributed by atoms with Crippen molar-refractivity contribution in [1.29, 1.82) is 5.26 Å². The summed E-state index contributed by atoms with van der Waals surface area (Å²) in [5, 5.41) is 15.6. The van der Waals surface area contributed by atoms with E-state index in [-0.39, 0.29) is 12.2 Å². The molecule has 0 spiro atoms. The summed E-state index contributed by atoms with van der Waals surface area (Å²) in [5.74, 6) is -0.363. The lowest BCUT2D eigenvalue weighted by molar-refractivity contribution is 0.636. The van der Waals surface area contributed by atoms with E-state index in [1.807, 2.05) is 6.07 Å². The Hall–Kier alpha value is -1.89. The molecule has 3 nitrogen and oxygen atoms in total. The number of nitrogens with zero attached hydrogens (tertiary/aromatic N) is 2. The number of benzene rings is 1. The minimum atomic E-state index is -0.363. The Bertz CT molecular complexity index is 481. The average Bonchev–Trinajstić information content (AvgIpc) is 2.51. The zero-order valence-electron chi connectivity index (χ0n) is 6.71. The first-order valence-electron chi connectivity index (χ1n) is 3.81. The van der Waals surface area contributed by atoms with E-state index >= 15 is 0 Å². The minimum absolute atomic E-state index is 0.222. The Morgan fingerprint density at radius 1 is 1.54 bits per heavy atom. The number of para-hydroxylation sites is 1. The van der Waals surface area contributed by atoms with Crippen molar-refractivity contribution in [3.8, 4) is 6.07 Å². The first kappa shape index (κ1) is 7.74. The number of halogens is 1. The zero-order chi connectivity index (χ0) is 9.26. The van der Waals surface area contributed by atoms with E-state index < -0.39 is 0 Å². The number of H-pyrrole nitrogens is 1. The summed E-state index contributed by atoms with van der Waals surface area (Å²) in [6, 6.07) is 6.68. The molecule has 1 aromatic carbocycles. The molecule has 0 unspecified atom stereocenters. The number of nitriles is 1. The summed E-state index contributed by atoms with van der Waals surface area (Å²) in [6.07, 6.45) is 0.222. The molecular weight excluding hydrogens is 169 g/mol. The molecule has 1 heterocycles. The second-order valence-electron chi connectivity index (χ2n) is 2.67. The van der Waals surface area contributed by atoms with Gasteiger partial charge in [-0.2, -0.15) is 10.4 Å². The molecule has 0 aliphatic rings. The highest BCUT2D eigenvalue weighted by molar-refractivity contribution is 5.81. The highest BCUT2D eigenvalue weighted by Crippen LogP contribution is 2.18. The molecule has 13 heavy (non-hydrogen) atoms. The van der Waals surface area contributed by atoms with Crippen LogP contribution in [0.2, 0.25) is 0 Å². The van der Waals surface area contributed by atoms with E-state index in [2.05, 4.69) is 10.2 Å². The number of hydrogen-bond donors (Lipinski definition) is 1. The number of aromatic nitrogens is 2. The van der Waals surface area contributed by atoms with Gasteiger partial charge in [0, 0.05) is 5.39 Å². The molecule has 0 fully saturated rings. The standard InChI is InChI=1S/C9H6FN3/c10-7-3-1-2-6-8(4-5-11)12-13-9(6)7/h1-3H,4H2,(H,12,13). The van der Waals surface area contributed by atoms with Gasteiger partial charge < -0.3 is 0 Å². The maximum Gasteiger partial charge on any atom is 0.151 e. The molecule has 4 heteroatoms. The van der Waals surface area contributed by atoms with E-state index in [1.54, 1.807) is 12.1 Å². The van der Waals surface area contributed by atoms with Crippen molar-refractivity contribution in [3.05, 3.63) is 29.7 Å². The predicted octanol–water partition coefficient (Wildman–Crippen LogP) is 1.77. The van der Waals surface area contributed by atoms with E-state index in [0.29, 0.717) is 16.6 Å². The summed E-state index contributed by atoms with van der Waals surface area (Å²) in [6.45, 7) is 0. The van der Waals surface area contributed by atoms with Crippen molar-refractivity contribution in [2.45, 2.75) is 6.42 Å². The lowest BCUT2D eigenvalue weighted by Gasteiger charge is -1.90. The number of fused-ring (bicyclic) bond motifs is 1. The van der Waals surface area contributed by atoms with Crippen molar-refractivity contribution in [3.63, 3.8) is 0 Å². The topological polar surface area (TPSA) is 52.5 Å². The minimum Gasteiger partial charge on any atom is -0.280 e. The lowest BCUT2D eigenvalue weighted by Crippen LogP contribution is -1.81. The molecule has 1 N–H and O–H groups in total. The number of nitrogens with one attached hydrogen (secondary N) is 1. The third-order valence-corrected chi connectivity index (χ3v) is 1.87. The van der Waals surface area contributed by atoms with E-state index in [9.17, 15) is 4.39 Å². The Labute approximate surface area is 73.8 Å². The smallest absolute Gasteiger partial charge is 0.151 e. The molecule has 2 aromatic rings. The van der Waals surface area contributed by atoms with Crippen molar-refractivity contribution in [1.82, 2.24) is 10.2 Å². The fourth-order valence-corrected chi connectivity index (χ4v) is 1.27. The van der Waals surface area contributed by atoms with Crippen LogP contribution in [-0.2, 0) is 6.42 Å². The average molecular weight is 175 g/mol. The van der Waals surface area contributed by atoms with Crippen molar-refractivity contribution in [2.75, 3.05) is 0 Å². The zero-order valence-corrected chi connectivity index (χ0v) is 6.71. The molecule has 0 saturated carbocycles. The van der Waals surface area contributed by atoms with Gasteiger partial charge in [-0.3, -0.25) is 5.10 Å². The summed E-state index contributed by atoms with van der Waals surface area (Å²) in [7, 11) is 0. The van der Waals surface area contributed by atoms with Gasteiger partial charge in [0.25, 0.3) is 0 Å². The van der Waals surface area contributed by atoms with Crippen LogP contribution in [0, 0.1) is 17.1 Å². The van der Waals surface area contributed by atoms with Gasteiger partial charge >= 0.3 is 0 Å². The Morgan fingerprint density at radius 2 is 2.38 bits per heavy atom. The van der Waals surface area contributed by atoms with Crippen LogP contribution in [0.5, 0.6) is 0 Å². The Morgan fingerprint density at radius 3 is 3.15 bits per heavy atom. The summed E-state index contributed by atoms with van der Waals surface area (Å²) < 4.78 is 13.1. The quantitative estimate of drug-likeness (QED) is 0.718. The third kappa shape index (κ3) is 1.14. The van der Waals surface area contributed by atoms with Gasteiger partial charge in [0.2, 0.25) is 0 Å². The van der Waals surface area contributed by atoms with E-state index in [0.717, 1.165) is 0 Å². The van der Waals surface area contributed by atoms with Gasteiger partial charge in [0.15, 0.2) is 5.82 Å². The Kier molecular flexibility index (Phi) is 1.71. The van der Waals surface area contributed by atoms with Gasteiger partial charge in [-0.15, -0.1) is 0 Å². The molecule has 0 amide bonds. The van der Waals surface area contributed by atoms with Crippen LogP contribution < -0.4 is 0 Å². The molecule has 2 rings (SSSR count). The predicted molar refractivity (Wildman–Crippen MR) is 45.4 cm³/mol. The van der Waals surface area contributed by atoms with Crippen molar-refractivity contribution < 1.29 is 4.39 Å². The fraction of sp³-hybridized carbons (Fsp3) is 0.111. The fourth-order valence-electron chi connectivity index (χ4n) is 1.27. The maximum atomic E-state index is 13.1. The molecule has 64 valence electrons. The van der Waals surface area contributed by atoms with Crippen molar-refractivity contribution >= 4 is 10.9 Å².